The van der Waals surface area contributed by atoms with Crippen LogP contribution in [0, 0.1) is 0 Å². The van der Waals surface area contributed by atoms with Crippen LogP contribution in [-0.2, 0) is 9.84 Å². The van der Waals surface area contributed by atoms with Gasteiger partial charge in [-0.3, -0.25) is 0 Å². The fraction of sp³-hybridized carbons (Fsp3) is 0.125. The van der Waals surface area contributed by atoms with Gasteiger partial charge in [-0.15, -0.1) is 0 Å². The van der Waals surface area contributed by atoms with Crippen molar-refractivity contribution in [2.75, 3.05) is 14.2 Å². The normalized spacial score (nSPS) is 11.6. The molecule has 0 N–H and O–H groups in total. The molecule has 0 unspecified atom stereocenters. The molecule has 0 aliphatic rings. The topological polar surface area (TPSA) is 71.1 Å². The SMILES string of the molecule is CC=Cc1ccc(Oc2ccc(S(=O)(=O)c3ccc(Oc4ccc(C=CC)cc4OC)cc3)cc2)c(OC)c1. The van der Waals surface area contributed by atoms with Crippen molar-refractivity contribution in [2.45, 2.75) is 23.6 Å². The average Bonchev–Trinajstić information content (AvgIpc) is 2.95. The molecule has 4 rings (SSSR count). The van der Waals surface area contributed by atoms with E-state index in [9.17, 15) is 8.42 Å². The van der Waals surface area contributed by atoms with E-state index in [0.717, 1.165) is 11.1 Å². The largest absolute Gasteiger partial charge is 0.493 e. The van der Waals surface area contributed by atoms with E-state index in [-0.39, 0.29) is 9.79 Å². The number of ether oxygens (including phenoxy) is 4. The smallest absolute Gasteiger partial charge is 0.206 e. The molecule has 4 aromatic rings. The van der Waals surface area contributed by atoms with Gasteiger partial charge in [0.1, 0.15) is 11.5 Å². The number of rotatable bonds is 10. The molecule has 0 heterocycles. The molecule has 200 valence electrons. The van der Waals surface area contributed by atoms with Crippen LogP contribution in [0.2, 0.25) is 0 Å². The summed E-state index contributed by atoms with van der Waals surface area (Å²) in [7, 11) is -0.595. The van der Waals surface area contributed by atoms with E-state index in [1.807, 2.05) is 74.5 Å². The summed E-state index contributed by atoms with van der Waals surface area (Å²) < 4.78 is 49.2. The van der Waals surface area contributed by atoms with Crippen molar-refractivity contribution in [3.63, 3.8) is 0 Å². The van der Waals surface area contributed by atoms with Crippen LogP contribution in [0.1, 0.15) is 25.0 Å². The van der Waals surface area contributed by atoms with Gasteiger partial charge in [0, 0.05) is 0 Å². The fourth-order valence-corrected chi connectivity index (χ4v) is 5.15. The Bertz CT molecular complexity index is 1470. The van der Waals surface area contributed by atoms with Crippen LogP contribution in [0.15, 0.2) is 107 Å². The lowest BCUT2D eigenvalue weighted by Gasteiger charge is -2.12. The number of benzene rings is 4. The number of allylic oxidation sites excluding steroid dienone is 2. The van der Waals surface area contributed by atoms with E-state index in [2.05, 4.69) is 0 Å². The van der Waals surface area contributed by atoms with Crippen molar-refractivity contribution in [2.24, 2.45) is 0 Å². The van der Waals surface area contributed by atoms with Crippen LogP contribution >= 0.6 is 0 Å². The maximum Gasteiger partial charge on any atom is 0.206 e. The third-order valence-electron chi connectivity index (χ3n) is 5.82. The van der Waals surface area contributed by atoms with E-state index in [0.29, 0.717) is 34.5 Å². The minimum Gasteiger partial charge on any atom is -0.493 e. The summed E-state index contributed by atoms with van der Waals surface area (Å²) in [5.41, 5.74) is 1.97. The second-order valence-corrected chi connectivity index (χ2v) is 10.4. The van der Waals surface area contributed by atoms with Crippen molar-refractivity contribution >= 4 is 22.0 Å². The number of methoxy groups -OCH3 is 2. The third-order valence-corrected chi connectivity index (χ3v) is 7.60. The molecule has 0 spiro atoms. The summed E-state index contributed by atoms with van der Waals surface area (Å²) in [6, 6.07) is 23.8. The second-order valence-electron chi connectivity index (χ2n) is 8.47. The van der Waals surface area contributed by atoms with Gasteiger partial charge in [0.25, 0.3) is 0 Å². The fourth-order valence-electron chi connectivity index (χ4n) is 3.89. The van der Waals surface area contributed by atoms with E-state index >= 15 is 0 Å². The molecule has 6 nitrogen and oxygen atoms in total. The van der Waals surface area contributed by atoms with Crippen LogP contribution < -0.4 is 18.9 Å². The Morgan fingerprint density at radius 3 is 1.26 bits per heavy atom. The molecule has 0 saturated heterocycles. The van der Waals surface area contributed by atoms with E-state index in [1.54, 1.807) is 38.5 Å². The van der Waals surface area contributed by atoms with Crippen molar-refractivity contribution in [3.05, 3.63) is 108 Å². The van der Waals surface area contributed by atoms with Crippen molar-refractivity contribution in [1.29, 1.82) is 0 Å². The highest BCUT2D eigenvalue weighted by atomic mass is 32.2. The molecule has 0 saturated carbocycles. The number of sulfone groups is 1. The zero-order valence-electron chi connectivity index (χ0n) is 22.3. The predicted molar refractivity (Wildman–Crippen MR) is 154 cm³/mol. The predicted octanol–water partition coefficient (Wildman–Crippen LogP) is 8.19. The van der Waals surface area contributed by atoms with Gasteiger partial charge < -0.3 is 18.9 Å². The maximum atomic E-state index is 13.2. The summed E-state index contributed by atoms with van der Waals surface area (Å²) in [6.45, 7) is 3.88. The lowest BCUT2D eigenvalue weighted by atomic mass is 10.2. The lowest BCUT2D eigenvalue weighted by Crippen LogP contribution is -2.02. The van der Waals surface area contributed by atoms with E-state index in [1.165, 1.54) is 24.3 Å². The zero-order valence-corrected chi connectivity index (χ0v) is 23.1. The Labute approximate surface area is 229 Å². The second kappa shape index (κ2) is 12.4. The highest BCUT2D eigenvalue weighted by Crippen LogP contribution is 2.35. The monoisotopic (exact) mass is 542 g/mol. The average molecular weight is 543 g/mol. The van der Waals surface area contributed by atoms with Gasteiger partial charge >= 0.3 is 0 Å². The lowest BCUT2D eigenvalue weighted by molar-refractivity contribution is 0.378. The Morgan fingerprint density at radius 1 is 0.538 bits per heavy atom. The molecule has 0 aromatic heterocycles. The highest BCUT2D eigenvalue weighted by molar-refractivity contribution is 7.91. The molecule has 39 heavy (non-hydrogen) atoms. The minimum absolute atomic E-state index is 0.153. The Morgan fingerprint density at radius 2 is 0.923 bits per heavy atom. The first-order valence-electron chi connectivity index (χ1n) is 12.3. The van der Waals surface area contributed by atoms with Gasteiger partial charge in [-0.1, -0.05) is 36.4 Å². The first kappa shape index (κ1) is 27.5. The van der Waals surface area contributed by atoms with Crippen LogP contribution in [-0.4, -0.2) is 22.6 Å². The van der Waals surface area contributed by atoms with Gasteiger partial charge in [0.15, 0.2) is 23.0 Å². The molecular weight excluding hydrogens is 512 g/mol. The summed E-state index contributed by atoms with van der Waals surface area (Å²) >= 11 is 0. The summed E-state index contributed by atoms with van der Waals surface area (Å²) in [5, 5.41) is 0. The van der Waals surface area contributed by atoms with Gasteiger partial charge in [-0.2, -0.15) is 0 Å². The third kappa shape index (κ3) is 6.51. The first-order chi connectivity index (χ1) is 18.9. The Kier molecular flexibility index (Phi) is 8.74. The summed E-state index contributed by atoms with van der Waals surface area (Å²) in [4.78, 5) is 0.306. The van der Waals surface area contributed by atoms with E-state index in [4.69, 9.17) is 18.9 Å². The molecule has 7 heteroatoms. The maximum absolute atomic E-state index is 13.2. The Balaban J connectivity index is 1.49. The molecule has 0 atom stereocenters. The molecular formula is C32H30O6S. The first-order valence-corrected chi connectivity index (χ1v) is 13.8. The van der Waals surface area contributed by atoms with Gasteiger partial charge in [-0.25, -0.2) is 8.42 Å². The highest BCUT2D eigenvalue weighted by Gasteiger charge is 2.18. The molecule has 0 amide bonds. The quantitative estimate of drug-likeness (QED) is 0.201. The standard InChI is InChI=1S/C32H30O6S/c1-5-7-23-9-19-29(31(21-23)35-3)37-25-11-15-27(16-12-25)39(33,34)28-17-13-26(14-18-28)38-30-20-10-24(8-6-2)22-32(30)36-4/h5-22H,1-4H3. The zero-order chi connectivity index (χ0) is 27.8. The van der Waals surface area contributed by atoms with Crippen molar-refractivity contribution in [1.82, 2.24) is 0 Å². The molecule has 0 aliphatic heterocycles. The van der Waals surface area contributed by atoms with E-state index < -0.39 is 9.84 Å². The van der Waals surface area contributed by atoms with Crippen molar-refractivity contribution < 1.29 is 27.4 Å². The van der Waals surface area contributed by atoms with Crippen LogP contribution in [0.5, 0.6) is 34.5 Å². The van der Waals surface area contributed by atoms with Crippen LogP contribution in [0.3, 0.4) is 0 Å². The van der Waals surface area contributed by atoms with Gasteiger partial charge in [0.2, 0.25) is 9.84 Å². The number of hydrogen-bond donors (Lipinski definition) is 0. The minimum atomic E-state index is -3.74. The summed E-state index contributed by atoms with van der Waals surface area (Å²) in [5.74, 6) is 3.20. The molecule has 4 aromatic carbocycles. The van der Waals surface area contributed by atoms with Gasteiger partial charge in [0.05, 0.1) is 24.0 Å². The van der Waals surface area contributed by atoms with Gasteiger partial charge in [-0.05, 0) is 97.8 Å². The molecule has 0 bridgehead atoms. The summed E-state index contributed by atoms with van der Waals surface area (Å²) in [6.07, 6.45) is 7.81. The Hall–Kier alpha value is -4.49. The molecule has 0 radical (unpaired) electrons. The molecule has 0 fully saturated rings. The van der Waals surface area contributed by atoms with Crippen molar-refractivity contribution in [3.8, 4) is 34.5 Å². The molecule has 0 aliphatic carbocycles. The number of hydrogen-bond acceptors (Lipinski definition) is 6. The van der Waals surface area contributed by atoms with Crippen LogP contribution in [0.4, 0.5) is 0 Å². The van der Waals surface area contributed by atoms with Crippen LogP contribution in [0.25, 0.3) is 12.2 Å².